The van der Waals surface area contributed by atoms with Crippen LogP contribution in [0.15, 0.2) is 54.6 Å². The van der Waals surface area contributed by atoms with E-state index in [1.807, 2.05) is 6.07 Å². The monoisotopic (exact) mass is 290 g/mol. The van der Waals surface area contributed by atoms with Crippen LogP contribution in [0.4, 0.5) is 0 Å². The van der Waals surface area contributed by atoms with Crippen LogP contribution in [0.5, 0.6) is 0 Å². The van der Waals surface area contributed by atoms with Crippen LogP contribution in [0.1, 0.15) is 21.5 Å². The lowest BCUT2D eigenvalue weighted by Crippen LogP contribution is -2.07. The third kappa shape index (κ3) is 4.01. The van der Waals surface area contributed by atoms with Gasteiger partial charge in [0.25, 0.3) is 10.1 Å². The largest absolute Gasteiger partial charge is 0.289 e. The fraction of sp³-hybridized carbons (Fsp3) is 0.133. The second kappa shape index (κ2) is 5.98. The van der Waals surface area contributed by atoms with Gasteiger partial charge >= 0.3 is 0 Å². The summed E-state index contributed by atoms with van der Waals surface area (Å²) in [7, 11) is -3.99. The zero-order valence-electron chi connectivity index (χ0n) is 10.7. The Morgan fingerprint density at radius 3 is 2.25 bits per heavy atom. The molecular formula is C15H14O4S. The van der Waals surface area contributed by atoms with Gasteiger partial charge in [-0.2, -0.15) is 8.42 Å². The molecule has 2 aromatic carbocycles. The highest BCUT2D eigenvalue weighted by atomic mass is 32.2. The highest BCUT2D eigenvalue weighted by Gasteiger charge is 2.10. The van der Waals surface area contributed by atoms with Crippen molar-refractivity contribution in [2.45, 2.75) is 6.42 Å². The van der Waals surface area contributed by atoms with Crippen LogP contribution < -0.4 is 0 Å². The second-order valence-electron chi connectivity index (χ2n) is 4.43. The number of hydrogen-bond acceptors (Lipinski definition) is 3. The van der Waals surface area contributed by atoms with Crippen molar-refractivity contribution < 1.29 is 17.8 Å². The molecule has 0 heterocycles. The maximum Gasteiger partial charge on any atom is 0.265 e. The van der Waals surface area contributed by atoms with E-state index in [1.165, 1.54) is 0 Å². The van der Waals surface area contributed by atoms with Crippen molar-refractivity contribution in [3.8, 4) is 0 Å². The van der Waals surface area contributed by atoms with Gasteiger partial charge in [0, 0.05) is 11.1 Å². The van der Waals surface area contributed by atoms with E-state index < -0.39 is 10.1 Å². The summed E-state index contributed by atoms with van der Waals surface area (Å²) < 4.78 is 30.2. The summed E-state index contributed by atoms with van der Waals surface area (Å²) in [5.74, 6) is -0.463. The molecule has 20 heavy (non-hydrogen) atoms. The van der Waals surface area contributed by atoms with Crippen LogP contribution in [0.25, 0.3) is 0 Å². The van der Waals surface area contributed by atoms with E-state index in [2.05, 4.69) is 0 Å². The predicted octanol–water partition coefficient (Wildman–Crippen LogP) is 2.35. The van der Waals surface area contributed by atoms with E-state index in [9.17, 15) is 13.2 Å². The second-order valence-corrected chi connectivity index (χ2v) is 6.00. The standard InChI is InChI=1S/C15H14O4S/c16-15(13-6-2-1-3-7-13)14-8-4-5-12(11-14)9-10-20(17,18)19/h1-8,11H,9-10H2,(H,17,18,19). The van der Waals surface area contributed by atoms with Gasteiger partial charge in [0.1, 0.15) is 0 Å². The van der Waals surface area contributed by atoms with Gasteiger partial charge in [0.15, 0.2) is 5.78 Å². The predicted molar refractivity (Wildman–Crippen MR) is 76.4 cm³/mol. The smallest absolute Gasteiger partial charge is 0.265 e. The summed E-state index contributed by atoms with van der Waals surface area (Å²) in [5, 5.41) is 0. The average Bonchev–Trinajstić information content (AvgIpc) is 2.45. The third-order valence-electron chi connectivity index (χ3n) is 2.87. The lowest BCUT2D eigenvalue weighted by molar-refractivity contribution is 0.103. The van der Waals surface area contributed by atoms with Crippen LogP contribution in [-0.4, -0.2) is 24.5 Å². The van der Waals surface area contributed by atoms with Gasteiger partial charge in [-0.15, -0.1) is 0 Å². The van der Waals surface area contributed by atoms with Crippen molar-refractivity contribution in [2.75, 3.05) is 5.75 Å². The van der Waals surface area contributed by atoms with Crippen molar-refractivity contribution in [1.82, 2.24) is 0 Å². The molecule has 0 amide bonds. The van der Waals surface area contributed by atoms with Crippen molar-refractivity contribution in [2.24, 2.45) is 0 Å². The molecule has 0 unspecified atom stereocenters. The van der Waals surface area contributed by atoms with E-state index in [0.29, 0.717) is 16.7 Å². The fourth-order valence-corrected chi connectivity index (χ4v) is 2.36. The Balaban J connectivity index is 2.20. The first-order valence-electron chi connectivity index (χ1n) is 6.09. The van der Waals surface area contributed by atoms with Gasteiger partial charge in [-0.25, -0.2) is 0 Å². The summed E-state index contributed by atoms with van der Waals surface area (Å²) in [5.41, 5.74) is 1.79. The van der Waals surface area contributed by atoms with E-state index in [4.69, 9.17) is 4.55 Å². The zero-order chi connectivity index (χ0) is 14.6. The molecule has 2 rings (SSSR count). The number of carbonyl (C=O) groups excluding carboxylic acids is 1. The highest BCUT2D eigenvalue weighted by molar-refractivity contribution is 7.85. The molecule has 104 valence electrons. The van der Waals surface area contributed by atoms with Crippen LogP contribution in [0.2, 0.25) is 0 Å². The first-order chi connectivity index (χ1) is 9.46. The van der Waals surface area contributed by atoms with Crippen LogP contribution >= 0.6 is 0 Å². The molecule has 0 aliphatic carbocycles. The highest BCUT2D eigenvalue weighted by Crippen LogP contribution is 2.12. The normalized spacial score (nSPS) is 11.2. The van der Waals surface area contributed by atoms with Crippen LogP contribution in [0.3, 0.4) is 0 Å². The minimum atomic E-state index is -3.99. The van der Waals surface area contributed by atoms with Gasteiger partial charge in [-0.05, 0) is 18.1 Å². The Bertz CT molecular complexity index is 706. The average molecular weight is 290 g/mol. The molecule has 0 aliphatic heterocycles. The molecule has 0 saturated carbocycles. The molecule has 0 fully saturated rings. The summed E-state index contributed by atoms with van der Waals surface area (Å²) in [4.78, 5) is 12.2. The SMILES string of the molecule is O=C(c1ccccc1)c1cccc(CCS(=O)(=O)O)c1. The molecule has 0 aliphatic rings. The molecule has 5 heteroatoms. The summed E-state index contributed by atoms with van der Waals surface area (Å²) >= 11 is 0. The van der Waals surface area contributed by atoms with Gasteiger partial charge in [0.2, 0.25) is 0 Å². The number of benzene rings is 2. The summed E-state index contributed by atoms with van der Waals surface area (Å²) in [6.45, 7) is 0. The van der Waals surface area contributed by atoms with Gasteiger partial charge in [-0.3, -0.25) is 9.35 Å². The Hall–Kier alpha value is -1.98. The molecule has 1 N–H and O–H groups in total. The molecule has 0 spiro atoms. The van der Waals surface area contributed by atoms with Gasteiger partial charge < -0.3 is 0 Å². The summed E-state index contributed by atoms with van der Waals surface area (Å²) in [6, 6.07) is 15.6. The third-order valence-corrected chi connectivity index (χ3v) is 3.59. The molecular weight excluding hydrogens is 276 g/mol. The number of rotatable bonds is 5. The molecule has 4 nitrogen and oxygen atoms in total. The number of carbonyl (C=O) groups is 1. The first-order valence-corrected chi connectivity index (χ1v) is 7.70. The quantitative estimate of drug-likeness (QED) is 0.677. The minimum Gasteiger partial charge on any atom is -0.289 e. The molecule has 0 radical (unpaired) electrons. The van der Waals surface area contributed by atoms with Gasteiger partial charge in [-0.1, -0.05) is 48.5 Å². The van der Waals surface area contributed by atoms with Crippen LogP contribution in [-0.2, 0) is 16.5 Å². The lowest BCUT2D eigenvalue weighted by Gasteiger charge is -2.04. The Morgan fingerprint density at radius 2 is 1.60 bits per heavy atom. The topological polar surface area (TPSA) is 71.4 Å². The Kier molecular flexibility index (Phi) is 4.32. The number of aryl methyl sites for hydroxylation is 1. The Morgan fingerprint density at radius 1 is 0.950 bits per heavy atom. The van der Waals surface area contributed by atoms with Crippen molar-refractivity contribution >= 4 is 15.9 Å². The first kappa shape index (κ1) is 14.4. The van der Waals surface area contributed by atoms with Crippen molar-refractivity contribution in [1.29, 1.82) is 0 Å². The zero-order valence-corrected chi connectivity index (χ0v) is 11.5. The van der Waals surface area contributed by atoms with E-state index in [0.717, 1.165) is 0 Å². The lowest BCUT2D eigenvalue weighted by atomic mass is 10.0. The summed E-state index contributed by atoms with van der Waals surface area (Å²) in [6.07, 6.45) is 0.175. The fourth-order valence-electron chi connectivity index (χ4n) is 1.87. The van der Waals surface area contributed by atoms with E-state index in [-0.39, 0.29) is 18.0 Å². The molecule has 2 aromatic rings. The Labute approximate surface area is 117 Å². The van der Waals surface area contributed by atoms with E-state index >= 15 is 0 Å². The van der Waals surface area contributed by atoms with Crippen molar-refractivity contribution in [3.63, 3.8) is 0 Å². The molecule has 0 atom stereocenters. The van der Waals surface area contributed by atoms with Crippen LogP contribution in [0, 0.1) is 0 Å². The molecule has 0 saturated heterocycles. The maximum absolute atomic E-state index is 12.2. The molecule has 0 bridgehead atoms. The maximum atomic E-state index is 12.2. The number of ketones is 1. The van der Waals surface area contributed by atoms with Crippen molar-refractivity contribution in [3.05, 3.63) is 71.3 Å². The molecule has 0 aromatic heterocycles. The van der Waals surface area contributed by atoms with E-state index in [1.54, 1.807) is 48.5 Å². The van der Waals surface area contributed by atoms with Gasteiger partial charge in [0.05, 0.1) is 5.75 Å². The number of hydrogen-bond donors (Lipinski definition) is 1. The minimum absolute atomic E-state index is 0.112.